The maximum absolute atomic E-state index is 6.48. The van der Waals surface area contributed by atoms with E-state index in [0.29, 0.717) is 17.5 Å². The number of rotatable bonds is 4. The van der Waals surface area contributed by atoms with Crippen molar-refractivity contribution in [2.24, 2.45) is 0 Å². The number of aryl methyl sites for hydroxylation is 1. The van der Waals surface area contributed by atoms with Crippen molar-refractivity contribution in [3.05, 3.63) is 162 Å². The summed E-state index contributed by atoms with van der Waals surface area (Å²) in [7, 11) is 0. The molecule has 9 aromatic rings. The van der Waals surface area contributed by atoms with Crippen LogP contribution in [0.1, 0.15) is 23.3 Å². The Hall–Kier alpha value is -6.39. The summed E-state index contributed by atoms with van der Waals surface area (Å²) < 4.78 is 6.48. The molecule has 0 fully saturated rings. The van der Waals surface area contributed by atoms with Crippen molar-refractivity contribution in [3.8, 4) is 34.2 Å². The molecule has 4 heteroatoms. The van der Waals surface area contributed by atoms with Crippen LogP contribution in [-0.4, -0.2) is 15.0 Å². The van der Waals surface area contributed by atoms with Crippen LogP contribution in [-0.2, 0) is 6.42 Å². The average molecular weight is 628 g/mol. The van der Waals surface area contributed by atoms with Crippen LogP contribution < -0.4 is 0 Å². The Morgan fingerprint density at radius 1 is 0.388 bits per heavy atom. The van der Waals surface area contributed by atoms with E-state index >= 15 is 0 Å². The molecule has 4 nitrogen and oxygen atoms in total. The van der Waals surface area contributed by atoms with E-state index < -0.39 is 0 Å². The molecular formula is C45H29N3O. The number of nitrogens with zero attached hydrogens (tertiary/aromatic N) is 3. The maximum atomic E-state index is 6.48. The van der Waals surface area contributed by atoms with Gasteiger partial charge in [-0.05, 0) is 74.1 Å². The number of aromatic nitrogens is 3. The highest BCUT2D eigenvalue weighted by molar-refractivity contribution is 6.25. The van der Waals surface area contributed by atoms with Gasteiger partial charge in [-0.15, -0.1) is 0 Å². The van der Waals surface area contributed by atoms with Crippen molar-refractivity contribution in [3.63, 3.8) is 0 Å². The standard InChI is InChI=1S/C45H29N3O/c1-3-11-28(12-4-1)30-21-24-41-40(25-30)38-23-20-32(27-42(38)49-41)45-47-43(29-13-5-2-6-14-29)46-44(48-45)31-19-22-37-35-17-8-7-15-33(35)34-16-9-10-18-36(34)39(37)26-31/h1-20,22-23,25-27H,21,24H2. The number of hydrogen-bond donors (Lipinski definition) is 0. The molecule has 0 saturated heterocycles. The Labute approximate surface area is 283 Å². The molecule has 230 valence electrons. The lowest BCUT2D eigenvalue weighted by molar-refractivity contribution is 0.548. The van der Waals surface area contributed by atoms with Crippen LogP contribution in [0.3, 0.4) is 0 Å². The van der Waals surface area contributed by atoms with Crippen LogP contribution in [0, 0.1) is 0 Å². The summed E-state index contributed by atoms with van der Waals surface area (Å²) in [5, 5.41) is 8.46. The Balaban J connectivity index is 1.14. The molecule has 0 spiro atoms. The van der Waals surface area contributed by atoms with E-state index in [1.807, 2.05) is 30.3 Å². The summed E-state index contributed by atoms with van der Waals surface area (Å²) in [5.41, 5.74) is 7.40. The first kappa shape index (κ1) is 27.7. The van der Waals surface area contributed by atoms with Gasteiger partial charge in [0, 0.05) is 34.1 Å². The fourth-order valence-electron chi connectivity index (χ4n) is 7.42. The first-order chi connectivity index (χ1) is 24.3. The second-order valence-electron chi connectivity index (χ2n) is 12.7. The number of fused-ring (bicyclic) bond motifs is 9. The van der Waals surface area contributed by atoms with Crippen LogP contribution >= 0.6 is 0 Å². The largest absolute Gasteiger partial charge is 0.460 e. The van der Waals surface area contributed by atoms with E-state index in [9.17, 15) is 0 Å². The van der Waals surface area contributed by atoms with E-state index in [-0.39, 0.29) is 0 Å². The number of hydrogen-bond acceptors (Lipinski definition) is 4. The van der Waals surface area contributed by atoms with Crippen molar-refractivity contribution >= 4 is 54.9 Å². The lowest BCUT2D eigenvalue weighted by atomic mass is 9.91. The van der Waals surface area contributed by atoms with Crippen LogP contribution in [0.5, 0.6) is 0 Å². The molecule has 0 unspecified atom stereocenters. The molecule has 49 heavy (non-hydrogen) atoms. The van der Waals surface area contributed by atoms with Crippen LogP contribution in [0.4, 0.5) is 0 Å². The third kappa shape index (κ3) is 4.64. The predicted molar refractivity (Wildman–Crippen MR) is 201 cm³/mol. The van der Waals surface area contributed by atoms with Crippen molar-refractivity contribution < 1.29 is 4.42 Å². The monoisotopic (exact) mass is 627 g/mol. The average Bonchev–Trinajstić information content (AvgIpc) is 3.55. The van der Waals surface area contributed by atoms with Gasteiger partial charge in [0.05, 0.1) is 0 Å². The molecule has 0 radical (unpaired) electrons. The fourth-order valence-corrected chi connectivity index (χ4v) is 7.42. The summed E-state index contributed by atoms with van der Waals surface area (Å²) in [4.78, 5) is 15.2. The molecular weight excluding hydrogens is 599 g/mol. The van der Waals surface area contributed by atoms with E-state index in [1.54, 1.807) is 0 Å². The maximum Gasteiger partial charge on any atom is 0.164 e. The highest BCUT2D eigenvalue weighted by Gasteiger charge is 2.21. The van der Waals surface area contributed by atoms with Gasteiger partial charge < -0.3 is 4.42 Å². The van der Waals surface area contributed by atoms with Gasteiger partial charge in [-0.2, -0.15) is 0 Å². The van der Waals surface area contributed by atoms with E-state index in [2.05, 4.69) is 121 Å². The zero-order valence-electron chi connectivity index (χ0n) is 26.6. The molecule has 0 saturated carbocycles. The fraction of sp³-hybridized carbons (Fsp3) is 0.0444. The van der Waals surface area contributed by atoms with Crippen LogP contribution in [0.25, 0.3) is 89.1 Å². The quantitative estimate of drug-likeness (QED) is 0.182. The van der Waals surface area contributed by atoms with E-state index in [0.717, 1.165) is 46.3 Å². The van der Waals surface area contributed by atoms with Gasteiger partial charge in [0.15, 0.2) is 17.5 Å². The first-order valence-corrected chi connectivity index (χ1v) is 16.7. The molecule has 10 rings (SSSR count). The Morgan fingerprint density at radius 2 is 0.878 bits per heavy atom. The molecule has 0 N–H and O–H groups in total. The predicted octanol–water partition coefficient (Wildman–Crippen LogP) is 11.6. The highest BCUT2D eigenvalue weighted by Crippen LogP contribution is 2.39. The van der Waals surface area contributed by atoms with Crippen molar-refractivity contribution in [1.29, 1.82) is 0 Å². The summed E-state index contributed by atoms with van der Waals surface area (Å²) in [5.74, 6) is 2.92. The molecule has 1 aliphatic carbocycles. The van der Waals surface area contributed by atoms with Crippen molar-refractivity contribution in [2.45, 2.75) is 12.8 Å². The number of benzene rings is 7. The van der Waals surface area contributed by atoms with E-state index in [4.69, 9.17) is 19.4 Å². The third-order valence-electron chi connectivity index (χ3n) is 9.82. The molecule has 0 aliphatic heterocycles. The second-order valence-corrected chi connectivity index (χ2v) is 12.7. The molecule has 7 aromatic carbocycles. The summed E-state index contributed by atoms with van der Waals surface area (Å²) in [6, 6.07) is 50.9. The molecule has 2 heterocycles. The SMILES string of the molecule is C1=C(c2ccccc2)CCc2oc3cc(-c4nc(-c5ccccc5)nc(-c5ccc6c7ccccc7c7ccccc7c6c5)n4)ccc3c21. The normalized spacial score (nSPS) is 12.9. The number of furan rings is 1. The van der Waals surface area contributed by atoms with Crippen molar-refractivity contribution in [1.82, 2.24) is 15.0 Å². The minimum atomic E-state index is 0.615. The third-order valence-corrected chi connectivity index (χ3v) is 9.82. The summed E-state index contributed by atoms with van der Waals surface area (Å²) >= 11 is 0. The zero-order chi connectivity index (χ0) is 32.3. The Kier molecular flexibility index (Phi) is 6.28. The zero-order valence-corrected chi connectivity index (χ0v) is 26.6. The van der Waals surface area contributed by atoms with Crippen LogP contribution in [0.2, 0.25) is 0 Å². The molecule has 0 bridgehead atoms. The van der Waals surface area contributed by atoms with Gasteiger partial charge in [0.2, 0.25) is 0 Å². The molecule has 0 amide bonds. The Morgan fingerprint density at radius 3 is 1.51 bits per heavy atom. The topological polar surface area (TPSA) is 51.8 Å². The summed E-state index contributed by atoms with van der Waals surface area (Å²) in [6.45, 7) is 0. The van der Waals surface area contributed by atoms with Gasteiger partial charge in [0.25, 0.3) is 0 Å². The number of allylic oxidation sites excluding steroid dienone is 1. The van der Waals surface area contributed by atoms with Crippen molar-refractivity contribution in [2.75, 3.05) is 0 Å². The second kappa shape index (κ2) is 11.1. The van der Waals surface area contributed by atoms with Gasteiger partial charge in [-0.25, -0.2) is 15.0 Å². The van der Waals surface area contributed by atoms with Gasteiger partial charge >= 0.3 is 0 Å². The molecule has 0 atom stereocenters. The molecule has 2 aromatic heterocycles. The van der Waals surface area contributed by atoms with E-state index in [1.165, 1.54) is 49.0 Å². The van der Waals surface area contributed by atoms with Gasteiger partial charge in [-0.3, -0.25) is 0 Å². The van der Waals surface area contributed by atoms with Gasteiger partial charge in [-0.1, -0.05) is 127 Å². The lowest BCUT2D eigenvalue weighted by Crippen LogP contribution is -2.00. The summed E-state index contributed by atoms with van der Waals surface area (Å²) in [6.07, 6.45) is 4.12. The van der Waals surface area contributed by atoms with Gasteiger partial charge in [0.1, 0.15) is 11.3 Å². The minimum absolute atomic E-state index is 0.615. The smallest absolute Gasteiger partial charge is 0.164 e. The highest BCUT2D eigenvalue weighted by atomic mass is 16.3. The minimum Gasteiger partial charge on any atom is -0.460 e. The lowest BCUT2D eigenvalue weighted by Gasteiger charge is -2.13. The Bertz CT molecular complexity index is 2730. The first-order valence-electron chi connectivity index (χ1n) is 16.7. The van der Waals surface area contributed by atoms with Crippen LogP contribution in [0.15, 0.2) is 150 Å². The molecule has 1 aliphatic rings.